The molecule has 0 aliphatic carbocycles. The van der Waals surface area contributed by atoms with Gasteiger partial charge in [-0.3, -0.25) is 0 Å². The Morgan fingerprint density at radius 3 is 2.57 bits per heavy atom. The van der Waals surface area contributed by atoms with E-state index in [4.69, 9.17) is 35.1 Å². The van der Waals surface area contributed by atoms with Crippen molar-refractivity contribution in [3.8, 4) is 0 Å². The van der Waals surface area contributed by atoms with E-state index < -0.39 is 15.1 Å². The SMILES string of the molecule is [B]C([B])([B])c1ncc(S(=O)(=O)N2CCC(c3cn4ncnc4cc3Cl)CC2)s1. The van der Waals surface area contributed by atoms with Crippen LogP contribution in [0, 0.1) is 0 Å². The van der Waals surface area contributed by atoms with E-state index in [2.05, 4.69) is 15.1 Å². The van der Waals surface area contributed by atoms with Gasteiger partial charge in [0.1, 0.15) is 6.33 Å². The minimum absolute atomic E-state index is 0.0775. The summed E-state index contributed by atoms with van der Waals surface area (Å²) < 4.78 is 29.0. The van der Waals surface area contributed by atoms with Crippen LogP contribution in [0.2, 0.25) is 5.02 Å². The van der Waals surface area contributed by atoms with Gasteiger partial charge in [0.05, 0.1) is 34.7 Å². The highest BCUT2D eigenvalue weighted by molar-refractivity contribution is 7.91. The largest absolute Gasteiger partial charge is 0.254 e. The first kappa shape index (κ1) is 19.9. The zero-order valence-electron chi connectivity index (χ0n) is 14.7. The average Bonchev–Trinajstić information content (AvgIpc) is 3.30. The third kappa shape index (κ3) is 3.63. The van der Waals surface area contributed by atoms with Crippen LogP contribution in [0.5, 0.6) is 0 Å². The summed E-state index contributed by atoms with van der Waals surface area (Å²) in [4.78, 5) is 8.06. The second-order valence-electron chi connectivity index (χ2n) is 6.74. The van der Waals surface area contributed by atoms with Crippen LogP contribution < -0.4 is 0 Å². The Morgan fingerprint density at radius 2 is 1.93 bits per heavy atom. The number of thiazole rings is 1. The van der Waals surface area contributed by atoms with Crippen molar-refractivity contribution in [2.24, 2.45) is 0 Å². The molecule has 0 aromatic carbocycles. The molecule has 0 saturated carbocycles. The van der Waals surface area contributed by atoms with Crippen LogP contribution in [-0.2, 0) is 15.1 Å². The fourth-order valence-corrected chi connectivity index (χ4v) is 6.25. The molecule has 0 atom stereocenters. The lowest BCUT2D eigenvalue weighted by Gasteiger charge is -2.31. The molecule has 3 aromatic heterocycles. The lowest BCUT2D eigenvalue weighted by atomic mass is 9.43. The molecular weight excluding hydrogens is 414 g/mol. The molecule has 0 bridgehead atoms. The third-order valence-electron chi connectivity index (χ3n) is 4.74. The Balaban J connectivity index is 1.51. The minimum atomic E-state index is -3.68. The van der Waals surface area contributed by atoms with E-state index in [-0.39, 0.29) is 15.1 Å². The van der Waals surface area contributed by atoms with Gasteiger partial charge in [-0.15, -0.1) is 11.3 Å². The third-order valence-corrected chi connectivity index (χ3v) is 8.56. The van der Waals surface area contributed by atoms with Crippen molar-refractivity contribution >= 4 is 62.1 Å². The first-order valence-electron chi connectivity index (χ1n) is 8.48. The average molecular weight is 427 g/mol. The van der Waals surface area contributed by atoms with E-state index in [1.807, 2.05) is 6.20 Å². The summed E-state index contributed by atoms with van der Waals surface area (Å²) in [6, 6.07) is 1.77. The Bertz CT molecular complexity index is 1120. The van der Waals surface area contributed by atoms with Crippen LogP contribution in [0.1, 0.15) is 29.3 Å². The molecule has 0 unspecified atom stereocenters. The van der Waals surface area contributed by atoms with Crippen LogP contribution in [0.3, 0.4) is 0 Å². The lowest BCUT2D eigenvalue weighted by molar-refractivity contribution is 0.319. The van der Waals surface area contributed by atoms with E-state index in [1.165, 1.54) is 16.8 Å². The highest BCUT2D eigenvalue weighted by Gasteiger charge is 2.33. The van der Waals surface area contributed by atoms with Gasteiger partial charge >= 0.3 is 0 Å². The molecule has 1 aliphatic heterocycles. The Labute approximate surface area is 175 Å². The van der Waals surface area contributed by atoms with Crippen LogP contribution in [0.4, 0.5) is 0 Å². The second kappa shape index (κ2) is 7.16. The van der Waals surface area contributed by atoms with Crippen molar-refractivity contribution in [3.05, 3.63) is 40.4 Å². The number of nitrogens with zero attached hydrogens (tertiary/aromatic N) is 5. The lowest BCUT2D eigenvalue weighted by Crippen LogP contribution is -2.37. The topological polar surface area (TPSA) is 80.5 Å². The molecule has 1 saturated heterocycles. The number of hydrogen-bond donors (Lipinski definition) is 0. The number of halogens is 1. The molecule has 0 spiro atoms. The van der Waals surface area contributed by atoms with E-state index in [0.717, 1.165) is 16.9 Å². The molecule has 0 N–H and O–H groups in total. The molecule has 28 heavy (non-hydrogen) atoms. The summed E-state index contributed by atoms with van der Waals surface area (Å²) in [5.41, 5.74) is 1.61. The van der Waals surface area contributed by atoms with Crippen LogP contribution in [-0.4, -0.2) is 68.9 Å². The van der Waals surface area contributed by atoms with Gasteiger partial charge < -0.3 is 0 Å². The summed E-state index contributed by atoms with van der Waals surface area (Å²) in [5.74, 6) is 0.134. The molecule has 138 valence electrons. The molecular formula is C15H13B3ClN5O2S2. The molecule has 6 radical (unpaired) electrons. The van der Waals surface area contributed by atoms with Gasteiger partial charge in [-0.05, 0) is 24.3 Å². The van der Waals surface area contributed by atoms with Crippen LogP contribution >= 0.6 is 22.9 Å². The smallest absolute Gasteiger partial charge is 0.250 e. The molecule has 3 aromatic rings. The Hall–Kier alpha value is -1.36. The van der Waals surface area contributed by atoms with Crippen molar-refractivity contribution in [3.63, 3.8) is 0 Å². The number of pyridine rings is 1. The number of hydrogen-bond acceptors (Lipinski definition) is 6. The number of aromatic nitrogens is 4. The van der Waals surface area contributed by atoms with Gasteiger partial charge in [0.2, 0.25) is 0 Å². The maximum absolute atomic E-state index is 12.9. The van der Waals surface area contributed by atoms with Crippen molar-refractivity contribution < 1.29 is 8.42 Å². The van der Waals surface area contributed by atoms with Gasteiger partial charge in [-0.2, -0.15) is 9.40 Å². The summed E-state index contributed by atoms with van der Waals surface area (Å²) in [5, 5.41) is 3.24. The Morgan fingerprint density at radius 1 is 1.21 bits per heavy atom. The van der Waals surface area contributed by atoms with Gasteiger partial charge in [-0.25, -0.2) is 22.9 Å². The monoisotopic (exact) mass is 427 g/mol. The first-order chi connectivity index (χ1) is 13.2. The normalized spacial score (nSPS) is 17.3. The second-order valence-corrected chi connectivity index (χ2v) is 10.3. The van der Waals surface area contributed by atoms with Crippen molar-refractivity contribution in [2.75, 3.05) is 13.1 Å². The zero-order chi connectivity index (χ0) is 20.1. The zero-order valence-corrected chi connectivity index (χ0v) is 17.1. The van der Waals surface area contributed by atoms with Crippen molar-refractivity contribution in [2.45, 2.75) is 28.1 Å². The highest BCUT2D eigenvalue weighted by Crippen LogP contribution is 2.35. The minimum Gasteiger partial charge on any atom is -0.250 e. The van der Waals surface area contributed by atoms with Crippen molar-refractivity contribution in [1.82, 2.24) is 23.9 Å². The van der Waals surface area contributed by atoms with Gasteiger partial charge in [0.15, 0.2) is 9.86 Å². The summed E-state index contributed by atoms with van der Waals surface area (Å²) >= 11 is 7.29. The molecule has 4 heterocycles. The number of fused-ring (bicyclic) bond motifs is 1. The fraction of sp³-hybridized carbons (Fsp3) is 0.400. The molecule has 4 rings (SSSR count). The molecule has 0 amide bonds. The highest BCUT2D eigenvalue weighted by atomic mass is 35.5. The molecule has 7 nitrogen and oxygen atoms in total. The molecule has 13 heteroatoms. The van der Waals surface area contributed by atoms with Gasteiger partial charge in [-0.1, -0.05) is 16.7 Å². The fourth-order valence-electron chi connectivity index (χ4n) is 3.27. The van der Waals surface area contributed by atoms with E-state index in [1.54, 1.807) is 10.6 Å². The first-order valence-corrected chi connectivity index (χ1v) is 11.1. The summed E-state index contributed by atoms with van der Waals surface area (Å²) in [7, 11) is 13.1. The van der Waals surface area contributed by atoms with E-state index >= 15 is 0 Å². The number of piperidine rings is 1. The van der Waals surface area contributed by atoms with E-state index in [0.29, 0.717) is 36.6 Å². The van der Waals surface area contributed by atoms with Gasteiger partial charge in [0, 0.05) is 30.4 Å². The molecule has 1 aliphatic rings. The van der Waals surface area contributed by atoms with E-state index in [9.17, 15) is 8.42 Å². The number of sulfonamides is 1. The predicted octanol–water partition coefficient (Wildman–Crippen LogP) is 1.02. The standard InChI is InChI=1S/C15H13B3ClN5O2S2/c16-15(17,18)14-20-6-13(27-14)28(25,26)23-3-1-9(2-4-23)10-7-24-12(5-11(10)19)21-8-22-24/h5-9H,1-4H2. The summed E-state index contributed by atoms with van der Waals surface area (Å²) in [6.45, 7) is 0.732. The maximum atomic E-state index is 12.9. The quantitative estimate of drug-likeness (QED) is 0.581. The van der Waals surface area contributed by atoms with Gasteiger partial charge in [0.25, 0.3) is 10.0 Å². The van der Waals surface area contributed by atoms with Crippen molar-refractivity contribution in [1.29, 1.82) is 0 Å². The number of rotatable bonds is 4. The predicted molar refractivity (Wildman–Crippen MR) is 110 cm³/mol. The molecule has 1 fully saturated rings. The van der Waals surface area contributed by atoms with Crippen LogP contribution in [0.15, 0.2) is 29.0 Å². The summed E-state index contributed by atoms with van der Waals surface area (Å²) in [6.07, 6.45) is 5.85. The Kier molecular flexibility index (Phi) is 5.10. The maximum Gasteiger partial charge on any atom is 0.254 e. The van der Waals surface area contributed by atoms with Crippen LogP contribution in [0.25, 0.3) is 5.65 Å².